The molecule has 2 heterocycles. The largest absolute Gasteiger partial charge is 0.364 e. The lowest BCUT2D eigenvalue weighted by Crippen LogP contribution is -3.16. The van der Waals surface area contributed by atoms with Gasteiger partial charge >= 0.3 is 0 Å². The second-order valence-corrected chi connectivity index (χ2v) is 6.97. The minimum Gasteiger partial charge on any atom is -0.364 e. The lowest BCUT2D eigenvalue weighted by molar-refractivity contribution is -0.906. The average Bonchev–Trinajstić information content (AvgIpc) is 2.82. The van der Waals surface area contributed by atoms with Crippen molar-refractivity contribution in [1.29, 1.82) is 0 Å². The SMILES string of the molecule is Cc1cc(C(=O)C[NH+]2C[C@@H](C)O[C@H](C)C2)c(C)n1-c1ccccc1. The number of carbonyl (C=O) groups is 1. The van der Waals surface area contributed by atoms with E-state index < -0.39 is 0 Å². The molecular weight excluding hydrogens is 300 g/mol. The first-order valence-corrected chi connectivity index (χ1v) is 8.72. The first-order chi connectivity index (χ1) is 11.5. The molecule has 1 aliphatic rings. The Morgan fingerprint density at radius 3 is 2.42 bits per heavy atom. The second-order valence-electron chi connectivity index (χ2n) is 6.97. The maximum atomic E-state index is 12.9. The minimum atomic E-state index is 0.216. The first-order valence-electron chi connectivity index (χ1n) is 8.72. The van der Waals surface area contributed by atoms with E-state index in [2.05, 4.69) is 37.5 Å². The Balaban J connectivity index is 1.81. The summed E-state index contributed by atoms with van der Waals surface area (Å²) in [6.07, 6.45) is 0.432. The number of hydrogen-bond acceptors (Lipinski definition) is 2. The Morgan fingerprint density at radius 2 is 1.79 bits per heavy atom. The number of aromatic nitrogens is 1. The van der Waals surface area contributed by atoms with Crippen LogP contribution in [0.25, 0.3) is 5.69 Å². The zero-order chi connectivity index (χ0) is 17.3. The van der Waals surface area contributed by atoms with Crippen LogP contribution in [-0.2, 0) is 4.74 Å². The van der Waals surface area contributed by atoms with Gasteiger partial charge in [0, 0.05) is 22.6 Å². The Hall–Kier alpha value is -1.91. The average molecular weight is 327 g/mol. The predicted molar refractivity (Wildman–Crippen MR) is 95.1 cm³/mol. The Morgan fingerprint density at radius 1 is 1.17 bits per heavy atom. The fraction of sp³-hybridized carbons (Fsp3) is 0.450. The fourth-order valence-electron chi connectivity index (χ4n) is 3.88. The molecule has 0 aliphatic carbocycles. The van der Waals surface area contributed by atoms with E-state index in [1.807, 2.05) is 31.2 Å². The fourth-order valence-corrected chi connectivity index (χ4v) is 3.88. The molecule has 0 bridgehead atoms. The van der Waals surface area contributed by atoms with Gasteiger partial charge in [-0.05, 0) is 45.9 Å². The van der Waals surface area contributed by atoms with Crippen molar-refractivity contribution in [1.82, 2.24) is 4.57 Å². The van der Waals surface area contributed by atoms with Crippen LogP contribution in [0.3, 0.4) is 0 Å². The van der Waals surface area contributed by atoms with Gasteiger partial charge in [0.2, 0.25) is 5.78 Å². The molecule has 0 unspecified atom stereocenters. The number of Topliss-reactive ketones (excluding diaryl/α,β-unsaturated/α-hetero) is 1. The lowest BCUT2D eigenvalue weighted by Gasteiger charge is -2.31. The number of para-hydroxylation sites is 1. The maximum Gasteiger partial charge on any atom is 0.218 e. The molecule has 128 valence electrons. The van der Waals surface area contributed by atoms with E-state index in [4.69, 9.17) is 4.74 Å². The molecule has 1 N–H and O–H groups in total. The number of morpholine rings is 1. The van der Waals surface area contributed by atoms with Crippen LogP contribution >= 0.6 is 0 Å². The van der Waals surface area contributed by atoms with E-state index in [1.54, 1.807) is 0 Å². The third kappa shape index (κ3) is 3.45. The third-order valence-electron chi connectivity index (χ3n) is 4.77. The molecule has 1 saturated heterocycles. The summed E-state index contributed by atoms with van der Waals surface area (Å²) in [7, 11) is 0. The quantitative estimate of drug-likeness (QED) is 0.872. The molecule has 3 rings (SSSR count). The van der Waals surface area contributed by atoms with E-state index in [1.165, 1.54) is 4.90 Å². The van der Waals surface area contributed by atoms with E-state index in [0.717, 1.165) is 35.7 Å². The molecule has 1 aromatic carbocycles. The van der Waals surface area contributed by atoms with Gasteiger partial charge in [0.25, 0.3) is 0 Å². The zero-order valence-electron chi connectivity index (χ0n) is 15.0. The van der Waals surface area contributed by atoms with Crippen molar-refractivity contribution in [3.8, 4) is 5.69 Å². The van der Waals surface area contributed by atoms with Crippen molar-refractivity contribution in [3.63, 3.8) is 0 Å². The normalized spacial score (nSPS) is 24.1. The molecular formula is C20H27N2O2+. The van der Waals surface area contributed by atoms with Gasteiger partial charge in [-0.3, -0.25) is 4.79 Å². The second kappa shape index (κ2) is 6.91. The number of ether oxygens (including phenoxy) is 1. The van der Waals surface area contributed by atoms with Crippen molar-refractivity contribution in [2.24, 2.45) is 0 Å². The van der Waals surface area contributed by atoms with Crippen LogP contribution in [0.4, 0.5) is 0 Å². The van der Waals surface area contributed by atoms with E-state index >= 15 is 0 Å². The van der Waals surface area contributed by atoms with Gasteiger partial charge in [-0.25, -0.2) is 0 Å². The number of quaternary nitrogens is 1. The van der Waals surface area contributed by atoms with Crippen LogP contribution in [0.2, 0.25) is 0 Å². The van der Waals surface area contributed by atoms with Gasteiger partial charge in [-0.1, -0.05) is 18.2 Å². The van der Waals surface area contributed by atoms with Gasteiger partial charge < -0.3 is 14.2 Å². The zero-order valence-corrected chi connectivity index (χ0v) is 15.0. The van der Waals surface area contributed by atoms with Crippen molar-refractivity contribution in [2.45, 2.75) is 39.9 Å². The molecule has 1 aliphatic heterocycles. The summed E-state index contributed by atoms with van der Waals surface area (Å²) in [4.78, 5) is 14.2. The Labute approximate surface area is 144 Å². The standard InChI is InChI=1S/C20H26N2O2/c1-14-10-19(17(4)22(14)18-8-6-5-7-9-18)20(23)13-21-11-15(2)24-16(3)12-21/h5-10,15-16H,11-13H2,1-4H3/p+1/t15-,16-/m1/s1. The van der Waals surface area contributed by atoms with Crippen LogP contribution in [-0.4, -0.2) is 42.2 Å². The summed E-state index contributed by atoms with van der Waals surface area (Å²) in [6, 6.07) is 12.2. The van der Waals surface area contributed by atoms with Gasteiger partial charge in [0.1, 0.15) is 31.8 Å². The van der Waals surface area contributed by atoms with Crippen molar-refractivity contribution in [2.75, 3.05) is 19.6 Å². The maximum absolute atomic E-state index is 12.9. The van der Waals surface area contributed by atoms with Gasteiger partial charge in [-0.15, -0.1) is 0 Å². The number of ketones is 1. The molecule has 0 amide bonds. The topological polar surface area (TPSA) is 35.7 Å². The van der Waals surface area contributed by atoms with Crippen molar-refractivity contribution >= 4 is 5.78 Å². The van der Waals surface area contributed by atoms with Gasteiger partial charge in [0.15, 0.2) is 0 Å². The van der Waals surface area contributed by atoms with E-state index in [9.17, 15) is 4.79 Å². The smallest absolute Gasteiger partial charge is 0.218 e. The molecule has 0 spiro atoms. The van der Waals surface area contributed by atoms with Crippen LogP contribution in [0.15, 0.2) is 36.4 Å². The van der Waals surface area contributed by atoms with E-state index in [-0.39, 0.29) is 18.0 Å². The highest BCUT2D eigenvalue weighted by molar-refractivity contribution is 5.98. The van der Waals surface area contributed by atoms with Crippen LogP contribution < -0.4 is 4.90 Å². The van der Waals surface area contributed by atoms with Gasteiger partial charge in [0.05, 0.1) is 0 Å². The molecule has 0 radical (unpaired) electrons. The van der Waals surface area contributed by atoms with E-state index in [0.29, 0.717) is 6.54 Å². The minimum absolute atomic E-state index is 0.216. The third-order valence-corrected chi connectivity index (χ3v) is 4.77. The summed E-state index contributed by atoms with van der Waals surface area (Å²) in [5, 5.41) is 0. The number of nitrogens with one attached hydrogen (secondary N) is 1. The number of rotatable bonds is 4. The lowest BCUT2D eigenvalue weighted by atomic mass is 10.1. The molecule has 0 saturated carbocycles. The summed E-state index contributed by atoms with van der Waals surface area (Å²) in [5.41, 5.74) is 4.07. The summed E-state index contributed by atoms with van der Waals surface area (Å²) < 4.78 is 7.93. The molecule has 24 heavy (non-hydrogen) atoms. The first kappa shape index (κ1) is 16.9. The highest BCUT2D eigenvalue weighted by Gasteiger charge is 2.28. The molecule has 1 aromatic heterocycles. The molecule has 2 aromatic rings. The Kier molecular flexibility index (Phi) is 4.88. The molecule has 2 atom stereocenters. The molecule has 4 nitrogen and oxygen atoms in total. The Bertz CT molecular complexity index is 711. The number of nitrogens with zero attached hydrogens (tertiary/aromatic N) is 1. The van der Waals surface area contributed by atoms with Crippen LogP contribution in [0.1, 0.15) is 35.6 Å². The number of carbonyl (C=O) groups excluding carboxylic acids is 1. The highest BCUT2D eigenvalue weighted by Crippen LogP contribution is 2.20. The summed E-state index contributed by atoms with van der Waals surface area (Å²) in [5.74, 6) is 0.224. The predicted octanol–water partition coefficient (Wildman–Crippen LogP) is 1.97. The molecule has 1 fully saturated rings. The van der Waals surface area contributed by atoms with Crippen LogP contribution in [0, 0.1) is 13.8 Å². The number of benzene rings is 1. The summed E-state index contributed by atoms with van der Waals surface area (Å²) in [6.45, 7) is 10.6. The van der Waals surface area contributed by atoms with Crippen molar-refractivity contribution in [3.05, 3.63) is 53.3 Å². The highest BCUT2D eigenvalue weighted by atomic mass is 16.5. The number of hydrogen-bond donors (Lipinski definition) is 1. The van der Waals surface area contributed by atoms with Gasteiger partial charge in [-0.2, -0.15) is 0 Å². The summed E-state index contributed by atoms with van der Waals surface area (Å²) >= 11 is 0. The molecule has 4 heteroatoms. The van der Waals surface area contributed by atoms with Crippen molar-refractivity contribution < 1.29 is 14.4 Å². The number of aryl methyl sites for hydroxylation is 1. The monoisotopic (exact) mass is 327 g/mol. The van der Waals surface area contributed by atoms with Crippen LogP contribution in [0.5, 0.6) is 0 Å².